The SMILES string of the molecule is CC(C)Oc1cccc(CNC(=O)Nc2ccc3c(ccn3CC(=O)N(C)C)c2)c1. The number of aromatic nitrogens is 1. The van der Waals surface area contributed by atoms with Gasteiger partial charge in [-0.1, -0.05) is 12.1 Å². The molecule has 0 atom stereocenters. The van der Waals surface area contributed by atoms with Crippen molar-refractivity contribution >= 4 is 28.5 Å². The summed E-state index contributed by atoms with van der Waals surface area (Å²) in [5.74, 6) is 0.810. The van der Waals surface area contributed by atoms with E-state index in [1.165, 1.54) is 0 Å². The molecule has 1 aromatic heterocycles. The second kappa shape index (κ2) is 9.35. The summed E-state index contributed by atoms with van der Waals surface area (Å²) in [7, 11) is 3.48. The minimum absolute atomic E-state index is 0.0249. The Balaban J connectivity index is 1.59. The molecule has 0 saturated carbocycles. The lowest BCUT2D eigenvalue weighted by atomic mass is 10.2. The van der Waals surface area contributed by atoms with E-state index in [0.717, 1.165) is 22.2 Å². The molecule has 0 aliphatic heterocycles. The van der Waals surface area contributed by atoms with Crippen molar-refractivity contribution in [1.29, 1.82) is 0 Å². The Labute approximate surface area is 176 Å². The van der Waals surface area contributed by atoms with Crippen LogP contribution in [-0.2, 0) is 17.9 Å². The third kappa shape index (κ3) is 5.53. The molecule has 158 valence electrons. The van der Waals surface area contributed by atoms with Crippen molar-refractivity contribution in [3.63, 3.8) is 0 Å². The van der Waals surface area contributed by atoms with E-state index in [0.29, 0.717) is 12.2 Å². The summed E-state index contributed by atoms with van der Waals surface area (Å²) < 4.78 is 7.58. The highest BCUT2D eigenvalue weighted by molar-refractivity contribution is 5.93. The lowest BCUT2D eigenvalue weighted by Crippen LogP contribution is -2.28. The number of nitrogens with one attached hydrogen (secondary N) is 2. The van der Waals surface area contributed by atoms with Crippen molar-refractivity contribution in [2.45, 2.75) is 33.0 Å². The highest BCUT2D eigenvalue weighted by Gasteiger charge is 2.09. The standard InChI is InChI=1S/C23H28N4O3/c1-16(2)30-20-7-5-6-17(12-20)14-24-23(29)25-19-8-9-21-18(13-19)10-11-27(21)15-22(28)26(3)4/h5-13,16H,14-15H2,1-4H3,(H2,24,25,29). The molecule has 3 amide bonds. The Bertz CT molecular complexity index is 1040. The van der Waals surface area contributed by atoms with Gasteiger partial charge in [0.05, 0.1) is 6.10 Å². The number of ether oxygens (including phenoxy) is 1. The van der Waals surface area contributed by atoms with E-state index in [1.807, 2.05) is 73.1 Å². The molecule has 7 nitrogen and oxygen atoms in total. The summed E-state index contributed by atoms with van der Waals surface area (Å²) >= 11 is 0. The van der Waals surface area contributed by atoms with Crippen molar-refractivity contribution in [2.24, 2.45) is 0 Å². The van der Waals surface area contributed by atoms with E-state index in [1.54, 1.807) is 19.0 Å². The fourth-order valence-corrected chi connectivity index (χ4v) is 3.06. The predicted molar refractivity (Wildman–Crippen MR) is 119 cm³/mol. The highest BCUT2D eigenvalue weighted by atomic mass is 16.5. The molecule has 1 heterocycles. The van der Waals surface area contributed by atoms with Crippen LogP contribution in [0.3, 0.4) is 0 Å². The number of hydrogen-bond donors (Lipinski definition) is 2. The normalized spacial score (nSPS) is 10.8. The van der Waals surface area contributed by atoms with Crippen LogP contribution in [0.25, 0.3) is 10.9 Å². The van der Waals surface area contributed by atoms with E-state index in [-0.39, 0.29) is 24.6 Å². The van der Waals surface area contributed by atoms with E-state index in [4.69, 9.17) is 4.74 Å². The van der Waals surface area contributed by atoms with Crippen LogP contribution in [0.15, 0.2) is 54.7 Å². The van der Waals surface area contributed by atoms with Crippen LogP contribution in [0.4, 0.5) is 10.5 Å². The van der Waals surface area contributed by atoms with Gasteiger partial charge in [0.25, 0.3) is 0 Å². The molecule has 0 radical (unpaired) electrons. The molecular weight excluding hydrogens is 380 g/mol. The van der Waals surface area contributed by atoms with Gasteiger partial charge in [0, 0.05) is 43.4 Å². The number of carbonyl (C=O) groups excluding carboxylic acids is 2. The molecular formula is C23H28N4O3. The first-order chi connectivity index (χ1) is 14.3. The van der Waals surface area contributed by atoms with Gasteiger partial charge in [-0.15, -0.1) is 0 Å². The van der Waals surface area contributed by atoms with E-state index >= 15 is 0 Å². The van der Waals surface area contributed by atoms with Gasteiger partial charge in [0.1, 0.15) is 12.3 Å². The summed E-state index contributed by atoms with van der Waals surface area (Å²) in [6.45, 7) is 4.63. The van der Waals surface area contributed by atoms with Crippen LogP contribution in [0.1, 0.15) is 19.4 Å². The van der Waals surface area contributed by atoms with Crippen molar-refractivity contribution in [2.75, 3.05) is 19.4 Å². The molecule has 0 bridgehead atoms. The summed E-state index contributed by atoms with van der Waals surface area (Å²) in [6, 6.07) is 14.9. The van der Waals surface area contributed by atoms with Crippen LogP contribution in [-0.4, -0.2) is 41.6 Å². The van der Waals surface area contributed by atoms with Crippen LogP contribution in [0.2, 0.25) is 0 Å². The van der Waals surface area contributed by atoms with Gasteiger partial charge in [-0.3, -0.25) is 4.79 Å². The Morgan fingerprint density at radius 2 is 1.90 bits per heavy atom. The maximum atomic E-state index is 12.3. The van der Waals surface area contributed by atoms with E-state index in [2.05, 4.69) is 10.6 Å². The van der Waals surface area contributed by atoms with Gasteiger partial charge in [-0.05, 0) is 55.8 Å². The topological polar surface area (TPSA) is 75.6 Å². The smallest absolute Gasteiger partial charge is 0.319 e. The van der Waals surface area contributed by atoms with Gasteiger partial charge in [-0.25, -0.2) is 4.79 Å². The van der Waals surface area contributed by atoms with Crippen LogP contribution >= 0.6 is 0 Å². The van der Waals surface area contributed by atoms with E-state index < -0.39 is 0 Å². The lowest BCUT2D eigenvalue weighted by Gasteiger charge is -2.12. The Morgan fingerprint density at radius 3 is 2.63 bits per heavy atom. The Hall–Kier alpha value is -3.48. The first-order valence-electron chi connectivity index (χ1n) is 9.91. The maximum Gasteiger partial charge on any atom is 0.319 e. The second-order valence-electron chi connectivity index (χ2n) is 7.63. The molecule has 30 heavy (non-hydrogen) atoms. The minimum atomic E-state index is -0.285. The zero-order valence-corrected chi connectivity index (χ0v) is 17.8. The zero-order chi connectivity index (χ0) is 21.7. The Kier molecular flexibility index (Phi) is 6.61. The molecule has 3 aromatic rings. The largest absolute Gasteiger partial charge is 0.491 e. The summed E-state index contributed by atoms with van der Waals surface area (Å²) in [5, 5.41) is 6.67. The van der Waals surface area contributed by atoms with Gasteiger partial charge in [-0.2, -0.15) is 0 Å². The minimum Gasteiger partial charge on any atom is -0.491 e. The quantitative estimate of drug-likeness (QED) is 0.624. The van der Waals surface area contributed by atoms with Crippen molar-refractivity contribution in [3.8, 4) is 5.75 Å². The second-order valence-corrected chi connectivity index (χ2v) is 7.63. The number of carbonyl (C=O) groups is 2. The molecule has 0 aliphatic rings. The van der Waals surface area contributed by atoms with Crippen molar-refractivity contribution in [1.82, 2.24) is 14.8 Å². The fourth-order valence-electron chi connectivity index (χ4n) is 3.06. The number of likely N-dealkylation sites (N-methyl/N-ethyl adjacent to an activating group) is 1. The number of fused-ring (bicyclic) bond motifs is 1. The predicted octanol–water partition coefficient (Wildman–Crippen LogP) is 3.84. The molecule has 0 saturated heterocycles. The van der Waals surface area contributed by atoms with Crippen LogP contribution in [0, 0.1) is 0 Å². The van der Waals surface area contributed by atoms with Gasteiger partial charge in [0.15, 0.2) is 0 Å². The third-order valence-electron chi connectivity index (χ3n) is 4.56. The molecule has 0 aliphatic carbocycles. The summed E-state index contributed by atoms with van der Waals surface area (Å²) in [4.78, 5) is 25.8. The molecule has 0 unspecified atom stereocenters. The van der Waals surface area contributed by atoms with Gasteiger partial charge in [0.2, 0.25) is 5.91 Å². The van der Waals surface area contributed by atoms with Gasteiger partial charge >= 0.3 is 6.03 Å². The maximum absolute atomic E-state index is 12.3. The third-order valence-corrected chi connectivity index (χ3v) is 4.56. The first-order valence-corrected chi connectivity index (χ1v) is 9.91. The molecule has 3 rings (SSSR count). The number of anilines is 1. The van der Waals surface area contributed by atoms with Crippen LogP contribution < -0.4 is 15.4 Å². The highest BCUT2D eigenvalue weighted by Crippen LogP contribution is 2.21. The summed E-state index contributed by atoms with van der Waals surface area (Å²) in [6.07, 6.45) is 1.98. The number of urea groups is 1. The number of hydrogen-bond acceptors (Lipinski definition) is 3. The number of rotatable bonds is 7. The number of benzene rings is 2. The number of amides is 3. The fraction of sp³-hybridized carbons (Fsp3) is 0.304. The lowest BCUT2D eigenvalue weighted by molar-refractivity contribution is -0.129. The Morgan fingerprint density at radius 1 is 1.10 bits per heavy atom. The molecule has 0 spiro atoms. The average molecular weight is 409 g/mol. The molecule has 2 N–H and O–H groups in total. The zero-order valence-electron chi connectivity index (χ0n) is 17.8. The monoisotopic (exact) mass is 408 g/mol. The number of nitrogens with zero attached hydrogens (tertiary/aromatic N) is 2. The molecule has 7 heteroatoms. The summed E-state index contributed by atoms with van der Waals surface area (Å²) in [5.41, 5.74) is 2.59. The molecule has 2 aromatic carbocycles. The van der Waals surface area contributed by atoms with Crippen molar-refractivity contribution < 1.29 is 14.3 Å². The molecule has 0 fully saturated rings. The van der Waals surface area contributed by atoms with E-state index in [9.17, 15) is 9.59 Å². The average Bonchev–Trinajstić information content (AvgIpc) is 3.08. The van der Waals surface area contributed by atoms with Crippen LogP contribution in [0.5, 0.6) is 5.75 Å². The van der Waals surface area contributed by atoms with Gasteiger partial charge < -0.3 is 24.8 Å². The van der Waals surface area contributed by atoms with Crippen molar-refractivity contribution in [3.05, 3.63) is 60.3 Å². The first kappa shape index (κ1) is 21.2.